The van der Waals surface area contributed by atoms with Gasteiger partial charge in [-0.3, -0.25) is 34.4 Å². The van der Waals surface area contributed by atoms with Gasteiger partial charge in [0.05, 0.1) is 40.1 Å². The van der Waals surface area contributed by atoms with E-state index in [0.717, 1.165) is 66.1 Å². The topological polar surface area (TPSA) is 159 Å². The molecule has 3 aromatic rings. The van der Waals surface area contributed by atoms with Crippen LogP contribution in [-0.4, -0.2) is 57.6 Å². The zero-order valence-corrected chi connectivity index (χ0v) is 22.6. The van der Waals surface area contributed by atoms with Crippen molar-refractivity contribution in [2.75, 3.05) is 18.4 Å². The van der Waals surface area contributed by atoms with Crippen LogP contribution in [0.3, 0.4) is 0 Å². The predicted molar refractivity (Wildman–Crippen MR) is 154 cm³/mol. The molecule has 2 aliphatic heterocycles. The zero-order chi connectivity index (χ0) is 28.8. The van der Waals surface area contributed by atoms with Gasteiger partial charge in [-0.2, -0.15) is 0 Å². The molecule has 1 aromatic heterocycles. The highest BCUT2D eigenvalue weighted by atomic mass is 16.2. The Hall–Kier alpha value is -4.64. The van der Waals surface area contributed by atoms with Crippen molar-refractivity contribution in [3.8, 4) is 0 Å². The SMILES string of the molecule is NC(/C=C\NCCCCCCNc1ccc2c(c1)C(=O)N(C1CCC(=O)NC1=O)C2=O)c1cnc2ccccc2n1. The number of unbranched alkanes of at least 4 members (excludes halogenated alkanes) is 3. The molecule has 0 saturated carbocycles. The second kappa shape index (κ2) is 12.7. The van der Waals surface area contributed by atoms with Crippen molar-refractivity contribution in [2.24, 2.45) is 5.73 Å². The van der Waals surface area contributed by atoms with Crippen LogP contribution in [0, 0.1) is 0 Å². The summed E-state index contributed by atoms with van der Waals surface area (Å²) >= 11 is 0. The van der Waals surface area contributed by atoms with Crippen molar-refractivity contribution in [2.45, 2.75) is 50.6 Å². The summed E-state index contributed by atoms with van der Waals surface area (Å²) in [4.78, 5) is 59.4. The molecule has 212 valence electrons. The van der Waals surface area contributed by atoms with Crippen molar-refractivity contribution < 1.29 is 19.2 Å². The summed E-state index contributed by atoms with van der Waals surface area (Å²) in [5, 5.41) is 8.79. The quantitative estimate of drug-likeness (QED) is 0.195. The van der Waals surface area contributed by atoms with Crippen molar-refractivity contribution in [3.05, 3.63) is 77.8 Å². The Labute approximate surface area is 237 Å². The Kier molecular flexibility index (Phi) is 8.64. The Morgan fingerprint density at radius 3 is 2.54 bits per heavy atom. The summed E-state index contributed by atoms with van der Waals surface area (Å²) < 4.78 is 0. The fourth-order valence-electron chi connectivity index (χ4n) is 5.01. The van der Waals surface area contributed by atoms with E-state index in [1.54, 1.807) is 24.4 Å². The van der Waals surface area contributed by atoms with Gasteiger partial charge in [0.1, 0.15) is 6.04 Å². The first-order valence-electron chi connectivity index (χ1n) is 13.9. The molecule has 2 aromatic carbocycles. The van der Waals surface area contributed by atoms with Crippen molar-refractivity contribution >= 4 is 40.3 Å². The number of aromatic nitrogens is 2. The highest BCUT2D eigenvalue weighted by Gasteiger charge is 2.44. The summed E-state index contributed by atoms with van der Waals surface area (Å²) in [6.45, 7) is 1.57. The number of nitrogens with zero attached hydrogens (tertiary/aromatic N) is 3. The maximum atomic E-state index is 13.0. The minimum Gasteiger partial charge on any atom is -0.391 e. The van der Waals surface area contributed by atoms with E-state index in [1.165, 1.54) is 0 Å². The number of para-hydroxylation sites is 2. The molecule has 2 atom stereocenters. The van der Waals surface area contributed by atoms with Gasteiger partial charge in [0.15, 0.2) is 0 Å². The minimum absolute atomic E-state index is 0.0965. The highest BCUT2D eigenvalue weighted by molar-refractivity contribution is 6.23. The standard InChI is InChI=1S/C30H33N7O4/c31-22(25-18-34-23-7-3-4-8-24(23)35-25)13-16-32-14-5-1-2-6-15-33-19-9-10-20-21(17-19)30(41)37(29(20)40)26-11-12-27(38)36-28(26)39/h3-4,7-10,13,16-18,22,26,32-33H,1-2,5-6,11-12,14-15,31H2,(H,36,38,39)/b16-13-. The summed E-state index contributed by atoms with van der Waals surface area (Å²) in [7, 11) is 0. The molecule has 11 heteroatoms. The highest BCUT2D eigenvalue weighted by Crippen LogP contribution is 2.29. The summed E-state index contributed by atoms with van der Waals surface area (Å²) in [6, 6.07) is 11.4. The molecule has 5 N–H and O–H groups in total. The van der Waals surface area contributed by atoms with Gasteiger partial charge in [-0.05, 0) is 61.9 Å². The van der Waals surface area contributed by atoms with Gasteiger partial charge in [-0.1, -0.05) is 25.0 Å². The van der Waals surface area contributed by atoms with Gasteiger partial charge in [0.2, 0.25) is 11.8 Å². The lowest BCUT2D eigenvalue weighted by Gasteiger charge is -2.27. The third-order valence-electron chi connectivity index (χ3n) is 7.25. The first kappa shape index (κ1) is 27.9. The Morgan fingerprint density at radius 2 is 1.73 bits per heavy atom. The molecular weight excluding hydrogens is 522 g/mol. The number of rotatable bonds is 12. The number of piperidine rings is 1. The molecule has 0 bridgehead atoms. The predicted octanol–water partition coefficient (Wildman–Crippen LogP) is 2.81. The Bertz CT molecular complexity index is 1510. The van der Waals surface area contributed by atoms with Gasteiger partial charge in [0.25, 0.3) is 11.8 Å². The second-order valence-corrected chi connectivity index (χ2v) is 10.2. The van der Waals surface area contributed by atoms with E-state index in [9.17, 15) is 19.2 Å². The molecule has 0 aliphatic carbocycles. The van der Waals surface area contributed by atoms with E-state index in [4.69, 9.17) is 5.73 Å². The number of nitrogens with two attached hydrogens (primary N) is 1. The van der Waals surface area contributed by atoms with Crippen LogP contribution >= 0.6 is 0 Å². The second-order valence-electron chi connectivity index (χ2n) is 10.2. The molecule has 2 unspecified atom stereocenters. The summed E-state index contributed by atoms with van der Waals surface area (Å²) in [5.41, 5.74) is 9.91. The number of imide groups is 2. The van der Waals surface area contributed by atoms with E-state index in [-0.39, 0.29) is 30.0 Å². The smallest absolute Gasteiger partial charge is 0.262 e. The van der Waals surface area contributed by atoms with Crippen LogP contribution in [0.1, 0.15) is 71.0 Å². The van der Waals surface area contributed by atoms with Crippen molar-refractivity contribution in [1.82, 2.24) is 25.5 Å². The largest absolute Gasteiger partial charge is 0.391 e. The molecule has 3 heterocycles. The number of benzene rings is 2. The van der Waals surface area contributed by atoms with Gasteiger partial charge < -0.3 is 16.4 Å². The number of hydrogen-bond donors (Lipinski definition) is 4. The zero-order valence-electron chi connectivity index (χ0n) is 22.6. The van der Waals surface area contributed by atoms with E-state index < -0.39 is 29.7 Å². The molecule has 11 nitrogen and oxygen atoms in total. The molecule has 0 radical (unpaired) electrons. The fraction of sp³-hybridized carbons (Fsp3) is 0.333. The average molecular weight is 556 g/mol. The van der Waals surface area contributed by atoms with Crippen LogP contribution in [0.5, 0.6) is 0 Å². The lowest BCUT2D eigenvalue weighted by molar-refractivity contribution is -0.136. The number of nitrogens with one attached hydrogen (secondary N) is 3. The first-order chi connectivity index (χ1) is 19.9. The van der Waals surface area contributed by atoms with Crippen molar-refractivity contribution in [3.63, 3.8) is 0 Å². The monoisotopic (exact) mass is 555 g/mol. The van der Waals surface area contributed by atoms with Crippen LogP contribution in [0.2, 0.25) is 0 Å². The number of fused-ring (bicyclic) bond motifs is 2. The molecule has 5 rings (SSSR count). The number of carbonyl (C=O) groups excluding carboxylic acids is 4. The third-order valence-corrected chi connectivity index (χ3v) is 7.25. The van der Waals surface area contributed by atoms with E-state index >= 15 is 0 Å². The van der Waals surface area contributed by atoms with Gasteiger partial charge in [-0.15, -0.1) is 0 Å². The minimum atomic E-state index is -0.961. The molecule has 1 fully saturated rings. The maximum Gasteiger partial charge on any atom is 0.262 e. The Morgan fingerprint density at radius 1 is 0.976 bits per heavy atom. The van der Waals surface area contributed by atoms with Crippen LogP contribution in [0.4, 0.5) is 5.69 Å². The molecule has 0 spiro atoms. The molecule has 1 saturated heterocycles. The normalized spacial score (nSPS) is 17.7. The molecule has 41 heavy (non-hydrogen) atoms. The molecule has 4 amide bonds. The van der Waals surface area contributed by atoms with Crippen LogP contribution in [-0.2, 0) is 9.59 Å². The van der Waals surface area contributed by atoms with Gasteiger partial charge in [-0.25, -0.2) is 4.98 Å². The maximum absolute atomic E-state index is 13.0. The lowest BCUT2D eigenvalue weighted by atomic mass is 10.0. The number of amides is 4. The number of anilines is 1. The lowest BCUT2D eigenvalue weighted by Crippen LogP contribution is -2.54. The number of hydrogen-bond acceptors (Lipinski definition) is 9. The Balaban J connectivity index is 0.989. The average Bonchev–Trinajstić information content (AvgIpc) is 3.22. The first-order valence-corrected chi connectivity index (χ1v) is 13.9. The van der Waals surface area contributed by atoms with Crippen LogP contribution < -0.4 is 21.7 Å². The summed E-state index contributed by atoms with van der Waals surface area (Å²) in [5.74, 6) is -2.01. The fourth-order valence-corrected chi connectivity index (χ4v) is 5.01. The van der Waals surface area contributed by atoms with E-state index in [2.05, 4.69) is 25.9 Å². The third kappa shape index (κ3) is 6.41. The van der Waals surface area contributed by atoms with Gasteiger partial charge in [0, 0.05) is 25.2 Å². The van der Waals surface area contributed by atoms with E-state index in [1.807, 2.05) is 36.5 Å². The number of carbonyl (C=O) groups is 4. The molecule has 2 aliphatic rings. The van der Waals surface area contributed by atoms with Gasteiger partial charge >= 0.3 is 0 Å². The molecular formula is C30H33N7O4. The van der Waals surface area contributed by atoms with Crippen LogP contribution in [0.25, 0.3) is 11.0 Å². The van der Waals surface area contributed by atoms with Crippen molar-refractivity contribution in [1.29, 1.82) is 0 Å². The summed E-state index contributed by atoms with van der Waals surface area (Å²) in [6.07, 6.45) is 9.75. The van der Waals surface area contributed by atoms with Crippen LogP contribution in [0.15, 0.2) is 60.9 Å². The van der Waals surface area contributed by atoms with E-state index in [0.29, 0.717) is 0 Å².